The van der Waals surface area contributed by atoms with Crippen LogP contribution in [-0.2, 0) is 5.54 Å². The Kier molecular flexibility index (Phi) is 2.54. The van der Waals surface area contributed by atoms with Crippen LogP contribution < -0.4 is 5.69 Å². The second-order valence-corrected chi connectivity index (χ2v) is 5.91. The summed E-state index contributed by atoms with van der Waals surface area (Å²) in [4.78, 5) is 15.2. The summed E-state index contributed by atoms with van der Waals surface area (Å²) >= 11 is 5.97. The zero-order valence-electron chi connectivity index (χ0n) is 11.1. The maximum Gasteiger partial charge on any atom is 0.327 e. The summed E-state index contributed by atoms with van der Waals surface area (Å²) < 4.78 is 15.3. The second-order valence-electron chi connectivity index (χ2n) is 5.47. The molecule has 2 aromatic carbocycles. The van der Waals surface area contributed by atoms with Gasteiger partial charge >= 0.3 is 5.69 Å². The molecule has 3 nitrogen and oxygen atoms in total. The van der Waals surface area contributed by atoms with Crippen molar-refractivity contribution in [1.29, 1.82) is 0 Å². The van der Waals surface area contributed by atoms with Crippen molar-refractivity contribution in [3.63, 3.8) is 0 Å². The average Bonchev–Trinajstić information content (AvgIpc) is 3.17. The molecule has 0 aliphatic heterocycles. The summed E-state index contributed by atoms with van der Waals surface area (Å²) in [7, 11) is 0. The van der Waals surface area contributed by atoms with Crippen LogP contribution in [0.2, 0.25) is 5.02 Å². The number of rotatable bonds is 2. The fourth-order valence-corrected chi connectivity index (χ4v) is 3.22. The minimum atomic E-state index is -0.439. The molecular formula is C16H12ClFN2O. The summed E-state index contributed by atoms with van der Waals surface area (Å²) in [5.41, 5.74) is 1.71. The van der Waals surface area contributed by atoms with E-state index in [1.807, 2.05) is 12.1 Å². The molecule has 3 aromatic rings. The molecular weight excluding hydrogens is 291 g/mol. The molecule has 1 N–H and O–H groups in total. The third kappa shape index (κ3) is 1.83. The number of imidazole rings is 1. The first-order valence-corrected chi connectivity index (χ1v) is 7.15. The van der Waals surface area contributed by atoms with Crippen molar-refractivity contribution in [2.24, 2.45) is 0 Å². The zero-order valence-corrected chi connectivity index (χ0v) is 11.8. The molecule has 1 aromatic heterocycles. The Balaban J connectivity index is 1.98. The summed E-state index contributed by atoms with van der Waals surface area (Å²) in [6.07, 6.45) is 1.65. The summed E-state index contributed by atoms with van der Waals surface area (Å²) in [5.74, 6) is -0.283. The van der Waals surface area contributed by atoms with Crippen LogP contribution in [0.25, 0.3) is 11.0 Å². The van der Waals surface area contributed by atoms with Crippen molar-refractivity contribution in [3.05, 3.63) is 69.4 Å². The van der Waals surface area contributed by atoms with Gasteiger partial charge in [-0.25, -0.2) is 9.18 Å². The third-order valence-electron chi connectivity index (χ3n) is 4.16. The lowest BCUT2D eigenvalue weighted by atomic mass is 10.0. The van der Waals surface area contributed by atoms with Crippen molar-refractivity contribution in [2.75, 3.05) is 0 Å². The van der Waals surface area contributed by atoms with Crippen LogP contribution in [0.4, 0.5) is 4.39 Å². The molecule has 1 heterocycles. The first kappa shape index (κ1) is 12.7. The van der Waals surface area contributed by atoms with Crippen molar-refractivity contribution in [1.82, 2.24) is 9.55 Å². The van der Waals surface area contributed by atoms with Gasteiger partial charge in [-0.3, -0.25) is 4.57 Å². The molecule has 0 atom stereocenters. The number of hydrogen-bond acceptors (Lipinski definition) is 1. The van der Waals surface area contributed by atoms with E-state index in [0.717, 1.165) is 23.9 Å². The summed E-state index contributed by atoms with van der Waals surface area (Å²) in [6.45, 7) is 0. The molecule has 1 aliphatic carbocycles. The van der Waals surface area contributed by atoms with Crippen molar-refractivity contribution < 1.29 is 4.39 Å². The zero-order chi connectivity index (χ0) is 14.6. The highest BCUT2D eigenvalue weighted by Gasteiger charge is 2.48. The number of nitrogens with zero attached hydrogens (tertiary/aromatic N) is 1. The van der Waals surface area contributed by atoms with E-state index in [1.54, 1.807) is 22.8 Å². The smallest absolute Gasteiger partial charge is 0.305 e. The second kappa shape index (κ2) is 4.21. The topological polar surface area (TPSA) is 37.8 Å². The molecule has 1 fully saturated rings. The van der Waals surface area contributed by atoms with Gasteiger partial charge in [-0.15, -0.1) is 0 Å². The van der Waals surface area contributed by atoms with E-state index in [2.05, 4.69) is 4.98 Å². The van der Waals surface area contributed by atoms with Crippen molar-refractivity contribution in [3.8, 4) is 0 Å². The highest BCUT2D eigenvalue weighted by molar-refractivity contribution is 6.31. The van der Waals surface area contributed by atoms with E-state index in [9.17, 15) is 9.18 Å². The normalized spacial score (nSPS) is 16.3. The van der Waals surface area contributed by atoms with Gasteiger partial charge in [0.05, 0.1) is 16.6 Å². The van der Waals surface area contributed by atoms with E-state index in [4.69, 9.17) is 11.6 Å². The fourth-order valence-electron chi connectivity index (χ4n) is 3.05. The Morgan fingerprint density at radius 1 is 1.19 bits per heavy atom. The van der Waals surface area contributed by atoms with Crippen molar-refractivity contribution in [2.45, 2.75) is 18.4 Å². The van der Waals surface area contributed by atoms with Gasteiger partial charge in [0.15, 0.2) is 0 Å². The van der Waals surface area contributed by atoms with Crippen LogP contribution in [0.15, 0.2) is 47.3 Å². The van der Waals surface area contributed by atoms with Crippen LogP contribution in [0.3, 0.4) is 0 Å². The van der Waals surface area contributed by atoms with Gasteiger partial charge in [-0.1, -0.05) is 23.7 Å². The van der Waals surface area contributed by atoms with E-state index in [0.29, 0.717) is 10.5 Å². The molecule has 5 heteroatoms. The number of fused-ring (bicyclic) bond motifs is 1. The molecule has 1 saturated carbocycles. The Labute approximate surface area is 125 Å². The summed E-state index contributed by atoms with van der Waals surface area (Å²) in [6, 6.07) is 11.8. The van der Waals surface area contributed by atoms with Crippen LogP contribution in [0, 0.1) is 5.82 Å². The highest BCUT2D eigenvalue weighted by atomic mass is 35.5. The largest absolute Gasteiger partial charge is 0.327 e. The molecule has 4 rings (SSSR count). The predicted octanol–water partition coefficient (Wildman–Crippen LogP) is 3.66. The van der Waals surface area contributed by atoms with Gasteiger partial charge in [0.1, 0.15) is 5.82 Å². The highest BCUT2D eigenvalue weighted by Crippen LogP contribution is 2.49. The molecule has 0 bridgehead atoms. The van der Waals surface area contributed by atoms with Gasteiger partial charge in [0, 0.05) is 5.02 Å². The van der Waals surface area contributed by atoms with E-state index < -0.39 is 5.54 Å². The van der Waals surface area contributed by atoms with Crippen LogP contribution >= 0.6 is 11.6 Å². The summed E-state index contributed by atoms with van der Waals surface area (Å²) in [5, 5.41) is 0.575. The van der Waals surface area contributed by atoms with Crippen LogP contribution in [0.5, 0.6) is 0 Å². The molecule has 0 unspecified atom stereocenters. The molecule has 0 saturated heterocycles. The predicted molar refractivity (Wildman–Crippen MR) is 80.3 cm³/mol. The van der Waals surface area contributed by atoms with E-state index in [-0.39, 0.29) is 11.5 Å². The van der Waals surface area contributed by atoms with Gasteiger partial charge in [0.25, 0.3) is 0 Å². The molecule has 21 heavy (non-hydrogen) atoms. The first-order chi connectivity index (χ1) is 10.1. The quantitative estimate of drug-likeness (QED) is 0.771. The molecule has 0 spiro atoms. The third-order valence-corrected chi connectivity index (χ3v) is 4.39. The standard InChI is InChI=1S/C16H12ClFN2O/c17-11-4-5-14-13(9-11)19-15(21)20(14)16(6-7-16)10-2-1-3-12(18)8-10/h1-5,8-9H,6-7H2,(H,19,21). The maximum absolute atomic E-state index is 13.5. The minimum absolute atomic E-state index is 0.186. The number of H-pyrrole nitrogens is 1. The number of halogens is 2. The number of nitrogens with one attached hydrogen (secondary N) is 1. The SMILES string of the molecule is O=c1[nH]c2cc(Cl)ccc2n1C1(c2cccc(F)c2)CC1. The number of aromatic nitrogens is 2. The molecule has 1 aliphatic rings. The van der Waals surface area contributed by atoms with E-state index >= 15 is 0 Å². The lowest BCUT2D eigenvalue weighted by Gasteiger charge is -2.18. The number of aromatic amines is 1. The van der Waals surface area contributed by atoms with Gasteiger partial charge in [-0.05, 0) is 48.7 Å². The van der Waals surface area contributed by atoms with Crippen LogP contribution in [-0.4, -0.2) is 9.55 Å². The Hall–Kier alpha value is -2.07. The van der Waals surface area contributed by atoms with Crippen molar-refractivity contribution >= 4 is 22.6 Å². The molecule has 0 radical (unpaired) electrons. The minimum Gasteiger partial charge on any atom is -0.305 e. The Morgan fingerprint density at radius 2 is 2.00 bits per heavy atom. The number of benzene rings is 2. The lowest BCUT2D eigenvalue weighted by Crippen LogP contribution is -2.29. The fraction of sp³-hybridized carbons (Fsp3) is 0.188. The molecule has 106 valence electrons. The Bertz CT molecular complexity index is 908. The lowest BCUT2D eigenvalue weighted by molar-refractivity contribution is 0.560. The van der Waals surface area contributed by atoms with Crippen LogP contribution in [0.1, 0.15) is 18.4 Å². The van der Waals surface area contributed by atoms with Gasteiger partial charge < -0.3 is 4.98 Å². The van der Waals surface area contributed by atoms with Gasteiger partial charge in [0.2, 0.25) is 0 Å². The first-order valence-electron chi connectivity index (χ1n) is 6.77. The molecule has 0 amide bonds. The average molecular weight is 303 g/mol. The number of hydrogen-bond donors (Lipinski definition) is 1. The monoisotopic (exact) mass is 302 g/mol. The maximum atomic E-state index is 13.5. The van der Waals surface area contributed by atoms with E-state index in [1.165, 1.54) is 12.1 Å². The Morgan fingerprint density at radius 3 is 2.71 bits per heavy atom. The van der Waals surface area contributed by atoms with Gasteiger partial charge in [-0.2, -0.15) is 0 Å².